The molecule has 0 rings (SSSR count). The molecule has 0 fully saturated rings. The van der Waals surface area contributed by atoms with E-state index in [0.29, 0.717) is 0 Å². The van der Waals surface area contributed by atoms with E-state index in [9.17, 15) is 4.79 Å². The molecular weight excluding hydrogens is 234 g/mol. The monoisotopic (exact) mass is 238 g/mol. The van der Waals surface area contributed by atoms with Crippen molar-refractivity contribution < 1.29 is 9.90 Å². The van der Waals surface area contributed by atoms with E-state index < -0.39 is 21.1 Å². The van der Waals surface area contributed by atoms with Crippen LogP contribution in [0.15, 0.2) is 0 Å². The van der Waals surface area contributed by atoms with Crippen LogP contribution in [0.25, 0.3) is 0 Å². The number of hydrogen-bond acceptors (Lipinski definition) is 1. The lowest BCUT2D eigenvalue weighted by molar-refractivity contribution is -0.136. The zero-order valence-electron chi connectivity index (χ0n) is 5.52. The van der Waals surface area contributed by atoms with Gasteiger partial charge >= 0.3 is 5.97 Å². The van der Waals surface area contributed by atoms with Gasteiger partial charge in [-0.25, -0.2) is 0 Å². The van der Waals surface area contributed by atoms with E-state index in [-0.39, 0.29) is 0 Å². The van der Waals surface area contributed by atoms with Crippen molar-refractivity contribution >= 4 is 52.4 Å². The molecule has 1 N–H and O–H groups in total. The fraction of sp³-hybridized carbons (Fsp3) is 0.800. The van der Waals surface area contributed by atoms with Crippen molar-refractivity contribution in [3.05, 3.63) is 0 Å². The Morgan fingerprint density at radius 3 is 1.91 bits per heavy atom. The molecule has 0 aromatic rings. The molecule has 0 bridgehead atoms. The summed E-state index contributed by atoms with van der Waals surface area (Å²) >= 11 is 21.9. The van der Waals surface area contributed by atoms with Crippen molar-refractivity contribution in [2.24, 2.45) is 0 Å². The summed E-state index contributed by atoms with van der Waals surface area (Å²) in [6.07, 6.45) is 0. The van der Waals surface area contributed by atoms with Gasteiger partial charge in [0.05, 0.1) is 5.38 Å². The van der Waals surface area contributed by atoms with Crippen molar-refractivity contribution in [3.8, 4) is 0 Å². The molecular formula is C5H6Cl4O2. The van der Waals surface area contributed by atoms with E-state index in [0.717, 1.165) is 0 Å². The Morgan fingerprint density at radius 1 is 1.45 bits per heavy atom. The molecule has 0 saturated heterocycles. The quantitative estimate of drug-likeness (QED) is 0.769. The lowest BCUT2D eigenvalue weighted by atomic mass is 10.2. The minimum absolute atomic E-state index is 1.02. The highest BCUT2D eigenvalue weighted by atomic mass is 35.5. The number of halogens is 4. The van der Waals surface area contributed by atoms with E-state index in [2.05, 4.69) is 0 Å². The summed E-state index contributed by atoms with van der Waals surface area (Å²) < 4.78 is -1.34. The number of aliphatic carboxylic acids is 1. The Balaban J connectivity index is 4.25. The van der Waals surface area contributed by atoms with Crippen molar-refractivity contribution in [2.45, 2.75) is 22.0 Å². The molecule has 0 heterocycles. The number of hydrogen-bond donors (Lipinski definition) is 1. The molecule has 2 atom stereocenters. The summed E-state index contributed by atoms with van der Waals surface area (Å²) in [5.74, 6) is -1.24. The third kappa shape index (κ3) is 3.70. The lowest BCUT2D eigenvalue weighted by Crippen LogP contribution is -2.36. The molecule has 6 heteroatoms. The van der Waals surface area contributed by atoms with Crippen LogP contribution in [-0.2, 0) is 4.79 Å². The Hall–Kier alpha value is 0.630. The molecule has 0 saturated carbocycles. The van der Waals surface area contributed by atoms with Gasteiger partial charge in [-0.3, -0.25) is 4.79 Å². The number of rotatable bonds is 3. The van der Waals surface area contributed by atoms with Crippen LogP contribution in [-0.4, -0.2) is 26.2 Å². The topological polar surface area (TPSA) is 37.3 Å². The van der Waals surface area contributed by atoms with E-state index >= 15 is 0 Å². The maximum atomic E-state index is 10.3. The van der Waals surface area contributed by atoms with E-state index in [1.54, 1.807) is 0 Å². The summed E-state index contributed by atoms with van der Waals surface area (Å²) in [5.41, 5.74) is 0. The number of carbonyl (C=O) groups is 1. The zero-order valence-corrected chi connectivity index (χ0v) is 8.55. The number of carboxylic acids is 1. The molecule has 11 heavy (non-hydrogen) atoms. The first-order valence-electron chi connectivity index (χ1n) is 2.65. The Labute approximate surface area is 84.4 Å². The standard InChI is InChI=1S/C5H6Cl4O2/c1-5(8,9)3(7)2(6)4(10)11/h2-3H,1H3,(H,10,11). The van der Waals surface area contributed by atoms with E-state index in [1.165, 1.54) is 6.92 Å². The maximum absolute atomic E-state index is 10.3. The molecule has 0 radical (unpaired) electrons. The fourth-order valence-electron chi connectivity index (χ4n) is 0.382. The Morgan fingerprint density at radius 2 is 1.82 bits per heavy atom. The summed E-state index contributed by atoms with van der Waals surface area (Å²) in [4.78, 5) is 10.3. The predicted octanol–water partition coefficient (Wildman–Crippen LogP) is 2.48. The second-order valence-corrected chi connectivity index (χ2v) is 4.80. The highest BCUT2D eigenvalue weighted by Crippen LogP contribution is 2.32. The summed E-state index contributed by atoms with van der Waals surface area (Å²) in [6.45, 7) is 1.38. The highest BCUT2D eigenvalue weighted by Gasteiger charge is 2.37. The molecule has 0 aromatic carbocycles. The fourth-order valence-corrected chi connectivity index (χ4v) is 1.12. The largest absolute Gasteiger partial charge is 0.480 e. The third-order valence-electron chi connectivity index (χ3n) is 0.977. The van der Waals surface area contributed by atoms with Crippen molar-refractivity contribution in [1.82, 2.24) is 0 Å². The second-order valence-electron chi connectivity index (χ2n) is 2.10. The van der Waals surface area contributed by atoms with Crippen LogP contribution >= 0.6 is 46.4 Å². The van der Waals surface area contributed by atoms with E-state index in [4.69, 9.17) is 51.5 Å². The second kappa shape index (κ2) is 4.04. The smallest absolute Gasteiger partial charge is 0.323 e. The minimum atomic E-state index is -1.34. The van der Waals surface area contributed by atoms with Crippen LogP contribution in [0.4, 0.5) is 0 Å². The van der Waals surface area contributed by atoms with Gasteiger partial charge < -0.3 is 5.11 Å². The van der Waals surface area contributed by atoms with Gasteiger partial charge in [0.2, 0.25) is 0 Å². The van der Waals surface area contributed by atoms with Gasteiger partial charge in [0.15, 0.2) is 0 Å². The van der Waals surface area contributed by atoms with Gasteiger partial charge in [0, 0.05) is 0 Å². The molecule has 0 aliphatic heterocycles. The molecule has 0 amide bonds. The van der Waals surface area contributed by atoms with Crippen LogP contribution in [0.5, 0.6) is 0 Å². The van der Waals surface area contributed by atoms with Crippen LogP contribution in [0.3, 0.4) is 0 Å². The summed E-state index contributed by atoms with van der Waals surface area (Å²) in [6, 6.07) is 0. The maximum Gasteiger partial charge on any atom is 0.323 e. The molecule has 0 aromatic heterocycles. The van der Waals surface area contributed by atoms with Crippen molar-refractivity contribution in [3.63, 3.8) is 0 Å². The van der Waals surface area contributed by atoms with Gasteiger partial charge in [0.1, 0.15) is 9.71 Å². The molecule has 66 valence electrons. The highest BCUT2D eigenvalue weighted by molar-refractivity contribution is 6.53. The Kier molecular flexibility index (Phi) is 4.27. The zero-order chi connectivity index (χ0) is 9.23. The van der Waals surface area contributed by atoms with Gasteiger partial charge in [0.25, 0.3) is 0 Å². The van der Waals surface area contributed by atoms with Crippen molar-refractivity contribution in [1.29, 1.82) is 0 Å². The molecule has 0 aliphatic rings. The average molecular weight is 240 g/mol. The van der Waals surface area contributed by atoms with Gasteiger partial charge in [-0.05, 0) is 6.92 Å². The molecule has 2 unspecified atom stereocenters. The SMILES string of the molecule is CC(Cl)(Cl)C(Cl)C(Cl)C(=O)O. The lowest BCUT2D eigenvalue weighted by Gasteiger charge is -2.21. The van der Waals surface area contributed by atoms with E-state index in [1.807, 2.05) is 0 Å². The van der Waals surface area contributed by atoms with Crippen molar-refractivity contribution in [2.75, 3.05) is 0 Å². The van der Waals surface area contributed by atoms with Crippen LogP contribution in [0.2, 0.25) is 0 Å². The number of carboxylic acid groups (broad SMARTS) is 1. The third-order valence-corrected chi connectivity index (χ3v) is 2.93. The first kappa shape index (κ1) is 11.6. The first-order valence-corrected chi connectivity index (χ1v) is 4.28. The van der Waals surface area contributed by atoms with Crippen LogP contribution < -0.4 is 0 Å². The van der Waals surface area contributed by atoms with Gasteiger partial charge in [-0.2, -0.15) is 0 Å². The van der Waals surface area contributed by atoms with Gasteiger partial charge in [-0.1, -0.05) is 0 Å². The predicted molar refractivity (Wildman–Crippen MR) is 47.0 cm³/mol. The molecule has 0 aliphatic carbocycles. The minimum Gasteiger partial charge on any atom is -0.480 e. The van der Waals surface area contributed by atoms with Crippen LogP contribution in [0, 0.1) is 0 Å². The normalized spacial score (nSPS) is 17.5. The molecule has 0 spiro atoms. The van der Waals surface area contributed by atoms with Gasteiger partial charge in [-0.15, -0.1) is 46.4 Å². The summed E-state index contributed by atoms with van der Waals surface area (Å²) in [5, 5.41) is 6.08. The molecule has 2 nitrogen and oxygen atoms in total. The summed E-state index contributed by atoms with van der Waals surface area (Å²) in [7, 11) is 0. The first-order chi connectivity index (χ1) is 4.76. The number of alkyl halides is 4. The van der Waals surface area contributed by atoms with Crippen LogP contribution in [0.1, 0.15) is 6.92 Å². The average Bonchev–Trinajstić information content (AvgIpc) is 1.82. The Bertz CT molecular complexity index is 153.